The highest BCUT2D eigenvalue weighted by atomic mass is 16.5. The Bertz CT molecular complexity index is 325. The fourth-order valence-electron chi connectivity index (χ4n) is 1.37. The molecule has 1 aromatic heterocycles. The van der Waals surface area contributed by atoms with Crippen molar-refractivity contribution in [3.05, 3.63) is 11.9 Å². The van der Waals surface area contributed by atoms with Crippen LogP contribution in [0.15, 0.2) is 6.07 Å². The van der Waals surface area contributed by atoms with E-state index < -0.39 is 0 Å². The molecule has 0 atom stereocenters. The number of aromatic nitrogens is 2. The lowest BCUT2D eigenvalue weighted by molar-refractivity contribution is 0.0759. The van der Waals surface area contributed by atoms with Gasteiger partial charge in [0.2, 0.25) is 0 Å². The molecule has 6 nitrogen and oxygen atoms in total. The molecule has 0 bridgehead atoms. The summed E-state index contributed by atoms with van der Waals surface area (Å²) in [5, 5.41) is 6.24. The molecule has 0 radical (unpaired) electrons. The van der Waals surface area contributed by atoms with E-state index >= 15 is 0 Å². The second-order valence-electron chi connectivity index (χ2n) is 3.69. The molecule has 6 heteroatoms. The van der Waals surface area contributed by atoms with Crippen LogP contribution in [0.5, 0.6) is 0 Å². The Kier molecular flexibility index (Phi) is 7.05. The number of methoxy groups -OCH3 is 1. The SMILES string of the molecule is CCc1nc(NC)cc(NCCOCCOC)n1. The number of rotatable bonds is 9. The summed E-state index contributed by atoms with van der Waals surface area (Å²) in [4.78, 5) is 8.72. The average molecular weight is 254 g/mol. The standard InChI is InChI=1S/C12H22N4O2/c1-4-10-15-11(13-2)9-12(16-10)14-5-6-18-8-7-17-3/h9H,4-8H2,1-3H3,(H2,13,14,15,16). The van der Waals surface area contributed by atoms with Crippen molar-refractivity contribution in [3.8, 4) is 0 Å². The Morgan fingerprint density at radius 1 is 1.17 bits per heavy atom. The van der Waals surface area contributed by atoms with Gasteiger partial charge in [-0.05, 0) is 0 Å². The molecule has 1 heterocycles. The molecule has 102 valence electrons. The van der Waals surface area contributed by atoms with Crippen molar-refractivity contribution in [2.24, 2.45) is 0 Å². The van der Waals surface area contributed by atoms with E-state index in [0.29, 0.717) is 26.4 Å². The molecule has 0 saturated carbocycles. The fraction of sp³-hybridized carbons (Fsp3) is 0.667. The molecule has 0 aromatic carbocycles. The number of aryl methyl sites for hydroxylation is 1. The lowest BCUT2D eigenvalue weighted by Gasteiger charge is -2.09. The van der Waals surface area contributed by atoms with Gasteiger partial charge >= 0.3 is 0 Å². The number of nitrogens with one attached hydrogen (secondary N) is 2. The molecule has 0 spiro atoms. The van der Waals surface area contributed by atoms with Crippen molar-refractivity contribution < 1.29 is 9.47 Å². The molecule has 1 rings (SSSR count). The summed E-state index contributed by atoms with van der Waals surface area (Å²) in [5.41, 5.74) is 0. The van der Waals surface area contributed by atoms with E-state index in [1.54, 1.807) is 7.11 Å². The zero-order valence-electron chi connectivity index (χ0n) is 11.3. The van der Waals surface area contributed by atoms with Crippen LogP contribution in [0.4, 0.5) is 11.6 Å². The van der Waals surface area contributed by atoms with E-state index in [2.05, 4.69) is 20.6 Å². The van der Waals surface area contributed by atoms with Gasteiger partial charge in [-0.2, -0.15) is 0 Å². The highest BCUT2D eigenvalue weighted by molar-refractivity contribution is 5.47. The van der Waals surface area contributed by atoms with Gasteiger partial charge in [0.15, 0.2) is 0 Å². The predicted octanol–water partition coefficient (Wildman–Crippen LogP) is 1.16. The summed E-state index contributed by atoms with van der Waals surface area (Å²) in [6.07, 6.45) is 0.814. The van der Waals surface area contributed by atoms with Gasteiger partial charge in [0, 0.05) is 33.2 Å². The smallest absolute Gasteiger partial charge is 0.132 e. The third-order valence-electron chi connectivity index (χ3n) is 2.33. The number of hydrogen-bond donors (Lipinski definition) is 2. The highest BCUT2D eigenvalue weighted by Gasteiger charge is 2.01. The molecule has 0 fully saturated rings. The maximum Gasteiger partial charge on any atom is 0.132 e. The van der Waals surface area contributed by atoms with Gasteiger partial charge in [-0.25, -0.2) is 9.97 Å². The predicted molar refractivity (Wildman–Crippen MR) is 72.1 cm³/mol. The maximum atomic E-state index is 5.36. The quantitative estimate of drug-likeness (QED) is 0.644. The van der Waals surface area contributed by atoms with E-state index in [1.807, 2.05) is 20.0 Å². The first-order valence-electron chi connectivity index (χ1n) is 6.16. The zero-order chi connectivity index (χ0) is 13.2. The topological polar surface area (TPSA) is 68.3 Å². The number of anilines is 2. The highest BCUT2D eigenvalue weighted by Crippen LogP contribution is 2.10. The normalized spacial score (nSPS) is 10.4. The Hall–Kier alpha value is -1.40. The zero-order valence-corrected chi connectivity index (χ0v) is 11.3. The van der Waals surface area contributed by atoms with Crippen LogP contribution in [0.1, 0.15) is 12.7 Å². The van der Waals surface area contributed by atoms with Crippen LogP contribution < -0.4 is 10.6 Å². The third-order valence-corrected chi connectivity index (χ3v) is 2.33. The summed E-state index contributed by atoms with van der Waals surface area (Å²) in [7, 11) is 3.51. The van der Waals surface area contributed by atoms with Crippen LogP contribution >= 0.6 is 0 Å². The van der Waals surface area contributed by atoms with Crippen LogP contribution in [0.2, 0.25) is 0 Å². The summed E-state index contributed by atoms with van der Waals surface area (Å²) in [6, 6.07) is 1.88. The van der Waals surface area contributed by atoms with Crippen LogP contribution in [0.25, 0.3) is 0 Å². The third kappa shape index (κ3) is 5.29. The van der Waals surface area contributed by atoms with E-state index in [9.17, 15) is 0 Å². The molecule has 1 aromatic rings. The van der Waals surface area contributed by atoms with Crippen molar-refractivity contribution >= 4 is 11.6 Å². The van der Waals surface area contributed by atoms with Crippen LogP contribution in [-0.4, -0.2) is 50.5 Å². The first kappa shape index (κ1) is 14.7. The summed E-state index contributed by atoms with van der Waals surface area (Å²) in [5.74, 6) is 2.47. The lowest BCUT2D eigenvalue weighted by atomic mass is 10.4. The van der Waals surface area contributed by atoms with Crippen molar-refractivity contribution in [2.45, 2.75) is 13.3 Å². The molecule has 0 unspecified atom stereocenters. The summed E-state index contributed by atoms with van der Waals surface area (Å²) in [6.45, 7) is 4.62. The average Bonchev–Trinajstić information content (AvgIpc) is 2.42. The number of nitrogens with zero attached hydrogens (tertiary/aromatic N) is 2. The molecule has 2 N–H and O–H groups in total. The maximum absolute atomic E-state index is 5.36. The van der Waals surface area contributed by atoms with Gasteiger partial charge in [0.25, 0.3) is 0 Å². The van der Waals surface area contributed by atoms with Crippen molar-refractivity contribution in [2.75, 3.05) is 51.2 Å². The second-order valence-corrected chi connectivity index (χ2v) is 3.69. The first-order valence-corrected chi connectivity index (χ1v) is 6.16. The molecule has 0 amide bonds. The van der Waals surface area contributed by atoms with Gasteiger partial charge in [-0.15, -0.1) is 0 Å². The second kappa shape index (κ2) is 8.66. The van der Waals surface area contributed by atoms with E-state index in [1.165, 1.54) is 0 Å². The van der Waals surface area contributed by atoms with Crippen LogP contribution in [-0.2, 0) is 15.9 Å². The Labute approximate surface area is 108 Å². The summed E-state index contributed by atoms with van der Waals surface area (Å²) >= 11 is 0. The van der Waals surface area contributed by atoms with Gasteiger partial charge < -0.3 is 20.1 Å². The fourth-order valence-corrected chi connectivity index (χ4v) is 1.37. The molecule has 18 heavy (non-hydrogen) atoms. The van der Waals surface area contributed by atoms with Gasteiger partial charge in [0.05, 0.1) is 19.8 Å². The van der Waals surface area contributed by atoms with Crippen LogP contribution in [0.3, 0.4) is 0 Å². The number of ether oxygens (including phenoxy) is 2. The molecule has 0 aliphatic heterocycles. The largest absolute Gasteiger partial charge is 0.382 e. The Morgan fingerprint density at radius 2 is 1.94 bits per heavy atom. The van der Waals surface area contributed by atoms with Gasteiger partial charge in [-0.1, -0.05) is 6.92 Å². The van der Waals surface area contributed by atoms with Gasteiger partial charge in [-0.3, -0.25) is 0 Å². The van der Waals surface area contributed by atoms with Crippen molar-refractivity contribution in [3.63, 3.8) is 0 Å². The van der Waals surface area contributed by atoms with Crippen molar-refractivity contribution in [1.29, 1.82) is 0 Å². The molecule has 0 aliphatic rings. The van der Waals surface area contributed by atoms with Crippen molar-refractivity contribution in [1.82, 2.24) is 9.97 Å². The molecular formula is C12H22N4O2. The van der Waals surface area contributed by atoms with E-state index in [-0.39, 0.29) is 0 Å². The van der Waals surface area contributed by atoms with E-state index in [4.69, 9.17) is 9.47 Å². The Balaban J connectivity index is 2.36. The molecule has 0 aliphatic carbocycles. The minimum absolute atomic E-state index is 0.615. The Morgan fingerprint density at radius 3 is 2.61 bits per heavy atom. The minimum Gasteiger partial charge on any atom is -0.382 e. The summed E-state index contributed by atoms with van der Waals surface area (Å²) < 4.78 is 10.3. The van der Waals surface area contributed by atoms with Gasteiger partial charge in [0.1, 0.15) is 17.5 Å². The minimum atomic E-state index is 0.615. The lowest BCUT2D eigenvalue weighted by Crippen LogP contribution is -2.13. The van der Waals surface area contributed by atoms with E-state index in [0.717, 1.165) is 23.9 Å². The monoisotopic (exact) mass is 254 g/mol. The number of hydrogen-bond acceptors (Lipinski definition) is 6. The molecule has 0 saturated heterocycles. The molecular weight excluding hydrogens is 232 g/mol. The van der Waals surface area contributed by atoms with Crippen LogP contribution in [0, 0.1) is 0 Å². The first-order chi connectivity index (χ1) is 8.80.